The number of anilines is 1. The van der Waals surface area contributed by atoms with Crippen molar-refractivity contribution in [2.75, 3.05) is 5.73 Å². The number of hydrogen-bond acceptors (Lipinski definition) is 4. The lowest BCUT2D eigenvalue weighted by Gasteiger charge is -2.12. The Morgan fingerprint density at radius 2 is 1.82 bits per heavy atom. The molecule has 4 aromatic rings. The first-order chi connectivity index (χ1) is 13.2. The smallest absolute Gasteiger partial charge is 0.419 e. The molecule has 0 aliphatic heterocycles. The largest absolute Gasteiger partial charge is 0.419 e. The van der Waals surface area contributed by atoms with Crippen LogP contribution >= 0.6 is 0 Å². The molecule has 0 unspecified atom stereocenters. The van der Waals surface area contributed by atoms with E-state index in [-0.39, 0.29) is 40.5 Å². The van der Waals surface area contributed by atoms with E-state index in [9.17, 15) is 22.0 Å². The summed E-state index contributed by atoms with van der Waals surface area (Å²) >= 11 is 0. The molecule has 0 radical (unpaired) electrons. The fourth-order valence-electron chi connectivity index (χ4n) is 2.98. The fraction of sp³-hybridized carbons (Fsp3) is 0.111. The first-order valence-electron chi connectivity index (χ1n) is 7.96. The molecule has 10 heteroatoms. The van der Waals surface area contributed by atoms with E-state index in [1.807, 2.05) is 0 Å². The van der Waals surface area contributed by atoms with Crippen molar-refractivity contribution in [1.29, 1.82) is 0 Å². The number of nitrogen functional groups attached to an aromatic ring is 1. The highest BCUT2D eigenvalue weighted by atomic mass is 19.4. The van der Waals surface area contributed by atoms with Crippen molar-refractivity contribution in [2.24, 2.45) is 0 Å². The zero-order chi connectivity index (χ0) is 20.1. The normalized spacial score (nSPS) is 12.0. The van der Waals surface area contributed by atoms with E-state index in [0.29, 0.717) is 0 Å². The first kappa shape index (κ1) is 18.0. The maximum absolute atomic E-state index is 13.8. The third-order valence-corrected chi connectivity index (χ3v) is 4.20. The van der Waals surface area contributed by atoms with Crippen molar-refractivity contribution in [3.63, 3.8) is 0 Å². The summed E-state index contributed by atoms with van der Waals surface area (Å²) in [7, 11) is 0. The molecule has 0 fully saturated rings. The first-order valence-corrected chi connectivity index (χ1v) is 7.96. The van der Waals surface area contributed by atoms with Crippen molar-refractivity contribution in [2.45, 2.75) is 12.7 Å². The van der Waals surface area contributed by atoms with Crippen LogP contribution in [0.4, 0.5) is 27.6 Å². The molecular formula is C18H11F5N4O. The number of halogens is 5. The van der Waals surface area contributed by atoms with E-state index in [2.05, 4.69) is 10.2 Å². The van der Waals surface area contributed by atoms with Gasteiger partial charge in [0.25, 0.3) is 5.89 Å². The van der Waals surface area contributed by atoms with E-state index in [1.165, 1.54) is 29.0 Å². The number of benzene rings is 2. The standard InChI is InChI=1S/C18H11F5N4O/c19-9-1-2-12(20)11(7-9)17-26-25-15(28-17)8-27-6-5-10-14(27)4-3-13(24)16(10)18(21,22)23/h1-7H,8,24H2. The van der Waals surface area contributed by atoms with Crippen LogP contribution in [0.15, 0.2) is 47.0 Å². The molecule has 0 saturated heterocycles. The lowest BCUT2D eigenvalue weighted by Crippen LogP contribution is -2.09. The summed E-state index contributed by atoms with van der Waals surface area (Å²) in [6.07, 6.45) is -3.19. The van der Waals surface area contributed by atoms with Gasteiger partial charge in [-0.1, -0.05) is 0 Å². The second kappa shape index (κ2) is 6.32. The van der Waals surface area contributed by atoms with Crippen LogP contribution in [0.2, 0.25) is 0 Å². The minimum atomic E-state index is -4.61. The molecule has 0 amide bonds. The predicted molar refractivity (Wildman–Crippen MR) is 90.1 cm³/mol. The van der Waals surface area contributed by atoms with Crippen LogP contribution in [0.25, 0.3) is 22.4 Å². The Labute approximate surface area is 154 Å². The molecular weight excluding hydrogens is 383 g/mol. The summed E-state index contributed by atoms with van der Waals surface area (Å²) < 4.78 is 73.8. The third kappa shape index (κ3) is 3.06. The molecule has 144 valence electrons. The van der Waals surface area contributed by atoms with Gasteiger partial charge in [-0.05, 0) is 36.4 Å². The summed E-state index contributed by atoms with van der Waals surface area (Å²) in [6.45, 7) is -0.0609. The van der Waals surface area contributed by atoms with Crippen LogP contribution < -0.4 is 5.73 Å². The summed E-state index contributed by atoms with van der Waals surface area (Å²) in [4.78, 5) is 0. The lowest BCUT2D eigenvalue weighted by molar-refractivity contribution is -0.135. The number of rotatable bonds is 3. The number of fused-ring (bicyclic) bond motifs is 1. The van der Waals surface area contributed by atoms with Crippen molar-refractivity contribution in [3.8, 4) is 11.5 Å². The molecule has 28 heavy (non-hydrogen) atoms. The number of hydrogen-bond donors (Lipinski definition) is 1. The van der Waals surface area contributed by atoms with Crippen molar-refractivity contribution < 1.29 is 26.4 Å². The zero-order valence-corrected chi connectivity index (χ0v) is 14.0. The van der Waals surface area contributed by atoms with E-state index in [1.54, 1.807) is 0 Å². The van der Waals surface area contributed by atoms with Gasteiger partial charge in [0.1, 0.15) is 18.2 Å². The van der Waals surface area contributed by atoms with Gasteiger partial charge in [0.2, 0.25) is 5.89 Å². The SMILES string of the molecule is Nc1ccc2c(ccn2Cc2nnc(-c3cc(F)ccc3F)o2)c1C(F)(F)F. The Bertz CT molecular complexity index is 1180. The summed E-state index contributed by atoms with van der Waals surface area (Å²) in [5.41, 5.74) is 4.25. The van der Waals surface area contributed by atoms with Gasteiger partial charge >= 0.3 is 6.18 Å². The molecule has 5 nitrogen and oxygen atoms in total. The quantitative estimate of drug-likeness (QED) is 0.407. The van der Waals surface area contributed by atoms with Crippen LogP contribution in [0, 0.1) is 11.6 Å². The van der Waals surface area contributed by atoms with Crippen LogP contribution in [0.1, 0.15) is 11.5 Å². The number of alkyl halides is 3. The Morgan fingerprint density at radius 3 is 2.57 bits per heavy atom. The highest BCUT2D eigenvalue weighted by Crippen LogP contribution is 2.39. The maximum atomic E-state index is 13.8. The molecule has 4 rings (SSSR count). The Kier molecular flexibility index (Phi) is 4.06. The summed E-state index contributed by atoms with van der Waals surface area (Å²) in [5.74, 6) is -1.64. The molecule has 0 bridgehead atoms. The number of aromatic nitrogens is 3. The van der Waals surface area contributed by atoms with E-state index >= 15 is 0 Å². The van der Waals surface area contributed by atoms with Gasteiger partial charge in [0.15, 0.2) is 0 Å². The number of nitrogens with two attached hydrogens (primary N) is 1. The number of nitrogens with zero attached hydrogens (tertiary/aromatic N) is 3. The van der Waals surface area contributed by atoms with Crippen LogP contribution in [-0.2, 0) is 12.7 Å². The molecule has 0 aliphatic carbocycles. The Balaban J connectivity index is 1.70. The van der Waals surface area contributed by atoms with Gasteiger partial charge in [-0.2, -0.15) is 13.2 Å². The van der Waals surface area contributed by atoms with E-state index < -0.39 is 23.4 Å². The van der Waals surface area contributed by atoms with E-state index in [4.69, 9.17) is 10.2 Å². The fourth-order valence-corrected chi connectivity index (χ4v) is 2.98. The lowest BCUT2D eigenvalue weighted by atomic mass is 10.1. The van der Waals surface area contributed by atoms with Crippen molar-refractivity contribution in [1.82, 2.24) is 14.8 Å². The third-order valence-electron chi connectivity index (χ3n) is 4.20. The molecule has 0 saturated carbocycles. The zero-order valence-electron chi connectivity index (χ0n) is 14.0. The van der Waals surface area contributed by atoms with Crippen molar-refractivity contribution >= 4 is 16.6 Å². The molecule has 2 aromatic carbocycles. The maximum Gasteiger partial charge on any atom is 0.419 e. The van der Waals surface area contributed by atoms with Gasteiger partial charge in [-0.3, -0.25) is 0 Å². The average Bonchev–Trinajstić information content (AvgIpc) is 3.23. The molecule has 2 heterocycles. The second-order valence-corrected chi connectivity index (χ2v) is 6.03. The Morgan fingerprint density at radius 1 is 1.04 bits per heavy atom. The van der Waals surface area contributed by atoms with Crippen LogP contribution in [0.3, 0.4) is 0 Å². The molecule has 0 spiro atoms. The topological polar surface area (TPSA) is 69.9 Å². The monoisotopic (exact) mass is 394 g/mol. The van der Waals surface area contributed by atoms with E-state index in [0.717, 1.165) is 18.2 Å². The highest BCUT2D eigenvalue weighted by molar-refractivity contribution is 5.88. The second-order valence-electron chi connectivity index (χ2n) is 6.03. The molecule has 2 aromatic heterocycles. The predicted octanol–water partition coefficient (Wildman–Crippen LogP) is 4.62. The molecule has 0 atom stereocenters. The van der Waals surface area contributed by atoms with Gasteiger partial charge in [-0.25, -0.2) is 8.78 Å². The average molecular weight is 394 g/mol. The summed E-state index contributed by atoms with van der Waals surface area (Å²) in [6, 6.07) is 6.70. The van der Waals surface area contributed by atoms with Crippen LogP contribution in [-0.4, -0.2) is 14.8 Å². The van der Waals surface area contributed by atoms with Gasteiger partial charge in [0.05, 0.1) is 11.1 Å². The molecule has 2 N–H and O–H groups in total. The van der Waals surface area contributed by atoms with Crippen LogP contribution in [0.5, 0.6) is 0 Å². The van der Waals surface area contributed by atoms with Gasteiger partial charge in [-0.15, -0.1) is 10.2 Å². The van der Waals surface area contributed by atoms with Gasteiger partial charge in [0, 0.05) is 22.8 Å². The molecule has 0 aliphatic rings. The minimum absolute atomic E-state index is 0.0153. The van der Waals surface area contributed by atoms with Gasteiger partial charge < -0.3 is 14.7 Å². The van der Waals surface area contributed by atoms with Crippen molar-refractivity contribution in [3.05, 3.63) is 65.7 Å². The highest BCUT2D eigenvalue weighted by Gasteiger charge is 2.35. The minimum Gasteiger partial charge on any atom is -0.419 e. The summed E-state index contributed by atoms with van der Waals surface area (Å²) in [5, 5.41) is 7.38. The Hall–Kier alpha value is -3.43.